The van der Waals surface area contributed by atoms with Crippen molar-refractivity contribution in [3.05, 3.63) is 53.8 Å². The van der Waals surface area contributed by atoms with Gasteiger partial charge in [0.05, 0.1) is 13.2 Å². The lowest BCUT2D eigenvalue weighted by Crippen LogP contribution is -2.31. The van der Waals surface area contributed by atoms with Crippen LogP contribution in [0.25, 0.3) is 0 Å². The van der Waals surface area contributed by atoms with Gasteiger partial charge in [-0.15, -0.1) is 0 Å². The Hall–Kier alpha value is -3.09. The van der Waals surface area contributed by atoms with Crippen molar-refractivity contribution in [1.29, 1.82) is 0 Å². The fraction of sp³-hybridized carbons (Fsp3) is 0.333. The van der Waals surface area contributed by atoms with Crippen molar-refractivity contribution >= 4 is 23.3 Å². The highest BCUT2D eigenvalue weighted by Crippen LogP contribution is 2.22. The van der Waals surface area contributed by atoms with Gasteiger partial charge in [0.25, 0.3) is 0 Å². The van der Waals surface area contributed by atoms with Gasteiger partial charge in [-0.1, -0.05) is 19.9 Å². The van der Waals surface area contributed by atoms with Crippen LogP contribution in [0.3, 0.4) is 0 Å². The Kier molecular flexibility index (Phi) is 7.37. The first-order chi connectivity index (χ1) is 13.3. The van der Waals surface area contributed by atoms with Gasteiger partial charge >= 0.3 is 6.03 Å². The van der Waals surface area contributed by atoms with Gasteiger partial charge in [0.2, 0.25) is 5.91 Å². The molecule has 0 saturated heterocycles. The van der Waals surface area contributed by atoms with Crippen LogP contribution in [-0.4, -0.2) is 19.0 Å². The second-order valence-electron chi connectivity index (χ2n) is 6.94. The van der Waals surface area contributed by atoms with Crippen molar-refractivity contribution < 1.29 is 18.7 Å². The molecule has 0 spiro atoms. The summed E-state index contributed by atoms with van der Waals surface area (Å²) in [5, 5.41) is 8.27. The Morgan fingerprint density at radius 2 is 1.61 bits per heavy atom. The minimum atomic E-state index is -0.482. The number of urea groups is 1. The van der Waals surface area contributed by atoms with Crippen LogP contribution in [-0.2, 0) is 4.79 Å². The normalized spacial score (nSPS) is 11.6. The molecular formula is C21H26FN3O3. The Morgan fingerprint density at radius 3 is 2.14 bits per heavy atom. The SMILES string of the molecule is COc1ccc([C@@H](C)NC(=O)Nc2ccc(NC(=O)CC(C)C)cc2)cc1F. The highest BCUT2D eigenvalue weighted by Gasteiger charge is 2.12. The predicted octanol–water partition coefficient (Wildman–Crippen LogP) is 4.70. The standard InChI is InChI=1S/C21H26FN3O3/c1-13(2)11-20(26)24-16-6-8-17(9-7-16)25-21(27)23-14(3)15-5-10-19(28-4)18(22)12-15/h5-10,12-14H,11H2,1-4H3,(H,24,26)(H2,23,25,27)/t14-/m1/s1. The van der Waals surface area contributed by atoms with E-state index in [1.165, 1.54) is 19.2 Å². The zero-order chi connectivity index (χ0) is 20.7. The number of amides is 3. The van der Waals surface area contributed by atoms with Gasteiger partial charge in [0.15, 0.2) is 11.6 Å². The number of rotatable bonds is 7. The van der Waals surface area contributed by atoms with Crippen LogP contribution in [0.1, 0.15) is 38.8 Å². The van der Waals surface area contributed by atoms with E-state index >= 15 is 0 Å². The van der Waals surface area contributed by atoms with Gasteiger partial charge in [-0.25, -0.2) is 9.18 Å². The minimum Gasteiger partial charge on any atom is -0.494 e. The second-order valence-corrected chi connectivity index (χ2v) is 6.94. The lowest BCUT2D eigenvalue weighted by Gasteiger charge is -2.16. The van der Waals surface area contributed by atoms with E-state index in [-0.39, 0.29) is 17.6 Å². The molecule has 2 aromatic rings. The first-order valence-corrected chi connectivity index (χ1v) is 9.09. The molecule has 0 radical (unpaired) electrons. The van der Waals surface area contributed by atoms with E-state index in [1.54, 1.807) is 37.3 Å². The molecule has 3 N–H and O–H groups in total. The molecule has 0 unspecified atom stereocenters. The average molecular weight is 387 g/mol. The van der Waals surface area contributed by atoms with Crippen molar-refractivity contribution in [2.75, 3.05) is 17.7 Å². The molecule has 150 valence electrons. The summed E-state index contributed by atoms with van der Waals surface area (Å²) < 4.78 is 18.7. The number of ether oxygens (including phenoxy) is 1. The maximum Gasteiger partial charge on any atom is 0.319 e. The topological polar surface area (TPSA) is 79.5 Å². The van der Waals surface area contributed by atoms with Gasteiger partial charge < -0.3 is 20.7 Å². The zero-order valence-electron chi connectivity index (χ0n) is 16.5. The lowest BCUT2D eigenvalue weighted by molar-refractivity contribution is -0.116. The molecular weight excluding hydrogens is 361 g/mol. The number of anilines is 2. The minimum absolute atomic E-state index is 0.0472. The van der Waals surface area contributed by atoms with E-state index in [2.05, 4.69) is 16.0 Å². The van der Waals surface area contributed by atoms with E-state index in [9.17, 15) is 14.0 Å². The summed E-state index contributed by atoms with van der Waals surface area (Å²) in [6.07, 6.45) is 0.451. The molecule has 0 aromatic heterocycles. The Balaban J connectivity index is 1.90. The molecule has 1 atom stereocenters. The fourth-order valence-corrected chi connectivity index (χ4v) is 2.62. The van der Waals surface area contributed by atoms with Crippen molar-refractivity contribution in [2.45, 2.75) is 33.2 Å². The number of methoxy groups -OCH3 is 1. The average Bonchev–Trinajstić information content (AvgIpc) is 2.62. The molecule has 0 aliphatic heterocycles. The smallest absolute Gasteiger partial charge is 0.319 e. The summed E-state index contributed by atoms with van der Waals surface area (Å²) in [4.78, 5) is 24.0. The van der Waals surface area contributed by atoms with Crippen LogP contribution >= 0.6 is 0 Å². The van der Waals surface area contributed by atoms with Crippen molar-refractivity contribution in [2.24, 2.45) is 5.92 Å². The summed E-state index contributed by atoms with van der Waals surface area (Å²) in [5.41, 5.74) is 1.86. The molecule has 28 heavy (non-hydrogen) atoms. The Morgan fingerprint density at radius 1 is 1.00 bits per heavy atom. The number of hydrogen-bond donors (Lipinski definition) is 3. The molecule has 2 aromatic carbocycles. The summed E-state index contributed by atoms with van der Waals surface area (Å²) >= 11 is 0. The molecule has 0 heterocycles. The number of carbonyl (C=O) groups excluding carboxylic acids is 2. The monoisotopic (exact) mass is 387 g/mol. The van der Waals surface area contributed by atoms with E-state index in [0.29, 0.717) is 23.4 Å². The third kappa shape index (κ3) is 6.26. The molecule has 0 aliphatic rings. The van der Waals surface area contributed by atoms with E-state index < -0.39 is 17.9 Å². The number of carbonyl (C=O) groups is 2. The quantitative estimate of drug-likeness (QED) is 0.644. The summed E-state index contributed by atoms with van der Waals surface area (Å²) in [6, 6.07) is 10.6. The predicted molar refractivity (Wildman–Crippen MR) is 108 cm³/mol. The third-order valence-electron chi connectivity index (χ3n) is 4.04. The molecule has 2 rings (SSSR count). The van der Waals surface area contributed by atoms with Crippen LogP contribution in [0, 0.1) is 11.7 Å². The third-order valence-corrected chi connectivity index (χ3v) is 4.04. The molecule has 6 nitrogen and oxygen atoms in total. The van der Waals surface area contributed by atoms with Crippen LogP contribution in [0.2, 0.25) is 0 Å². The summed E-state index contributed by atoms with van der Waals surface area (Å²) in [5.74, 6) is -0.0926. The van der Waals surface area contributed by atoms with Gasteiger partial charge in [0.1, 0.15) is 0 Å². The summed E-state index contributed by atoms with van der Waals surface area (Å²) in [7, 11) is 1.40. The van der Waals surface area contributed by atoms with Gasteiger partial charge in [-0.2, -0.15) is 0 Å². The maximum atomic E-state index is 13.8. The number of nitrogens with one attached hydrogen (secondary N) is 3. The first kappa shape index (κ1) is 21.2. The highest BCUT2D eigenvalue weighted by atomic mass is 19.1. The first-order valence-electron chi connectivity index (χ1n) is 9.09. The molecule has 0 fully saturated rings. The van der Waals surface area contributed by atoms with Gasteiger partial charge in [-0.3, -0.25) is 4.79 Å². The second kappa shape index (κ2) is 9.73. The van der Waals surface area contributed by atoms with E-state index in [4.69, 9.17) is 4.74 Å². The van der Waals surface area contributed by atoms with Crippen molar-refractivity contribution in [3.8, 4) is 5.75 Å². The molecule has 3 amide bonds. The fourth-order valence-electron chi connectivity index (χ4n) is 2.62. The Labute approximate surface area is 164 Å². The van der Waals surface area contributed by atoms with Crippen LogP contribution in [0.15, 0.2) is 42.5 Å². The van der Waals surface area contributed by atoms with Gasteiger partial charge in [0, 0.05) is 17.8 Å². The largest absolute Gasteiger partial charge is 0.494 e. The number of benzene rings is 2. The molecule has 0 saturated carbocycles. The molecule has 0 bridgehead atoms. The van der Waals surface area contributed by atoms with Crippen molar-refractivity contribution in [1.82, 2.24) is 5.32 Å². The number of hydrogen-bond acceptors (Lipinski definition) is 3. The van der Waals surface area contributed by atoms with Crippen molar-refractivity contribution in [3.63, 3.8) is 0 Å². The van der Waals surface area contributed by atoms with Crippen LogP contribution in [0.4, 0.5) is 20.6 Å². The molecule has 0 aliphatic carbocycles. The zero-order valence-corrected chi connectivity index (χ0v) is 16.5. The molecule has 7 heteroatoms. The summed E-state index contributed by atoms with van der Waals surface area (Å²) in [6.45, 7) is 5.72. The van der Waals surface area contributed by atoms with Gasteiger partial charge in [-0.05, 0) is 54.8 Å². The lowest BCUT2D eigenvalue weighted by atomic mass is 10.1. The van der Waals surface area contributed by atoms with E-state index in [1.807, 2.05) is 13.8 Å². The highest BCUT2D eigenvalue weighted by molar-refractivity contribution is 5.92. The van der Waals surface area contributed by atoms with Crippen LogP contribution < -0.4 is 20.7 Å². The van der Waals surface area contributed by atoms with Crippen LogP contribution in [0.5, 0.6) is 5.75 Å². The number of halogens is 1. The maximum absolute atomic E-state index is 13.8. The Bertz CT molecular complexity index is 822. The van der Waals surface area contributed by atoms with E-state index in [0.717, 1.165) is 0 Å².